The van der Waals surface area contributed by atoms with Crippen LogP contribution in [0.25, 0.3) is 0 Å². The van der Waals surface area contributed by atoms with Crippen LogP contribution in [0, 0.1) is 0 Å². The van der Waals surface area contributed by atoms with E-state index in [0.717, 1.165) is 10.0 Å². The van der Waals surface area contributed by atoms with Crippen molar-refractivity contribution in [3.05, 3.63) is 34.3 Å². The SMILES string of the molecule is OC(Cl)Cc1ccccc1Br. The van der Waals surface area contributed by atoms with Crippen LogP contribution >= 0.6 is 27.5 Å². The number of aliphatic hydroxyl groups excluding tert-OH is 1. The summed E-state index contributed by atoms with van der Waals surface area (Å²) in [6, 6.07) is 7.69. The van der Waals surface area contributed by atoms with Gasteiger partial charge in [-0.3, -0.25) is 0 Å². The standard InChI is InChI=1S/C8H8BrClO/c9-7-4-2-1-3-6(7)5-8(10)11/h1-4,8,11H,5H2. The fourth-order valence-electron chi connectivity index (χ4n) is 0.845. The van der Waals surface area contributed by atoms with Gasteiger partial charge in [0.1, 0.15) is 5.56 Å². The molecule has 0 fully saturated rings. The van der Waals surface area contributed by atoms with Crippen LogP contribution in [0.3, 0.4) is 0 Å². The monoisotopic (exact) mass is 234 g/mol. The van der Waals surface area contributed by atoms with Crippen molar-refractivity contribution in [3.63, 3.8) is 0 Å². The number of benzene rings is 1. The van der Waals surface area contributed by atoms with Gasteiger partial charge < -0.3 is 5.11 Å². The summed E-state index contributed by atoms with van der Waals surface area (Å²) in [6.45, 7) is 0. The minimum Gasteiger partial charge on any atom is -0.377 e. The molecule has 1 aromatic carbocycles. The average molecular weight is 236 g/mol. The van der Waals surface area contributed by atoms with Gasteiger partial charge >= 0.3 is 0 Å². The minimum atomic E-state index is -0.798. The van der Waals surface area contributed by atoms with Crippen LogP contribution in [-0.4, -0.2) is 10.7 Å². The van der Waals surface area contributed by atoms with Crippen LogP contribution in [0.4, 0.5) is 0 Å². The molecule has 1 aromatic rings. The van der Waals surface area contributed by atoms with E-state index in [1.54, 1.807) is 0 Å². The molecule has 1 nitrogen and oxygen atoms in total. The molecule has 60 valence electrons. The summed E-state index contributed by atoms with van der Waals surface area (Å²) in [7, 11) is 0. The Hall–Kier alpha value is -0.0500. The van der Waals surface area contributed by atoms with Gasteiger partial charge in [0.2, 0.25) is 0 Å². The highest BCUT2D eigenvalue weighted by molar-refractivity contribution is 9.10. The molecule has 0 amide bonds. The first-order valence-electron chi connectivity index (χ1n) is 3.25. The van der Waals surface area contributed by atoms with Crippen LogP contribution in [0.1, 0.15) is 5.56 Å². The third-order valence-corrected chi connectivity index (χ3v) is 2.27. The van der Waals surface area contributed by atoms with Gasteiger partial charge in [-0.05, 0) is 11.6 Å². The topological polar surface area (TPSA) is 20.2 Å². The molecule has 3 heteroatoms. The van der Waals surface area contributed by atoms with Crippen LogP contribution < -0.4 is 0 Å². The van der Waals surface area contributed by atoms with Crippen LogP contribution in [0.5, 0.6) is 0 Å². The van der Waals surface area contributed by atoms with Crippen LogP contribution in [0.15, 0.2) is 28.7 Å². The second-order valence-electron chi connectivity index (χ2n) is 2.23. The van der Waals surface area contributed by atoms with E-state index in [1.807, 2.05) is 24.3 Å². The largest absolute Gasteiger partial charge is 0.377 e. The minimum absolute atomic E-state index is 0.475. The Kier molecular flexibility index (Phi) is 3.37. The van der Waals surface area contributed by atoms with Gasteiger partial charge in [-0.1, -0.05) is 45.7 Å². The third-order valence-electron chi connectivity index (χ3n) is 1.35. The lowest BCUT2D eigenvalue weighted by molar-refractivity contribution is 0.257. The zero-order valence-corrected chi connectivity index (χ0v) is 8.14. The zero-order valence-electron chi connectivity index (χ0n) is 5.80. The molecule has 1 rings (SSSR count). The van der Waals surface area contributed by atoms with Gasteiger partial charge in [0.05, 0.1) is 0 Å². The molecule has 0 heterocycles. The number of aliphatic hydroxyl groups is 1. The normalized spacial score (nSPS) is 13.0. The summed E-state index contributed by atoms with van der Waals surface area (Å²) < 4.78 is 0.986. The van der Waals surface area contributed by atoms with Crippen molar-refractivity contribution in [1.29, 1.82) is 0 Å². The highest BCUT2D eigenvalue weighted by Crippen LogP contribution is 2.17. The summed E-state index contributed by atoms with van der Waals surface area (Å²) in [5.74, 6) is 0. The summed E-state index contributed by atoms with van der Waals surface area (Å²) in [6.07, 6.45) is 0.475. The molecule has 0 aliphatic rings. The molecule has 0 bridgehead atoms. The molecule has 1 N–H and O–H groups in total. The smallest absolute Gasteiger partial charge is 0.132 e. The zero-order chi connectivity index (χ0) is 8.27. The molecule has 0 spiro atoms. The number of hydrogen-bond donors (Lipinski definition) is 1. The lowest BCUT2D eigenvalue weighted by atomic mass is 10.2. The van der Waals surface area contributed by atoms with Crippen molar-refractivity contribution >= 4 is 27.5 Å². The molecular weight excluding hydrogens is 227 g/mol. The highest BCUT2D eigenvalue weighted by atomic mass is 79.9. The summed E-state index contributed by atoms with van der Waals surface area (Å²) in [5, 5.41) is 8.87. The van der Waals surface area contributed by atoms with Gasteiger partial charge in [0.25, 0.3) is 0 Å². The van der Waals surface area contributed by atoms with Crippen molar-refractivity contribution in [2.45, 2.75) is 12.0 Å². The first-order valence-corrected chi connectivity index (χ1v) is 4.48. The summed E-state index contributed by atoms with van der Waals surface area (Å²) in [4.78, 5) is 0. The van der Waals surface area contributed by atoms with Crippen molar-refractivity contribution in [2.24, 2.45) is 0 Å². The Morgan fingerprint density at radius 1 is 1.45 bits per heavy atom. The molecule has 0 aliphatic heterocycles. The molecule has 0 aromatic heterocycles. The first kappa shape index (κ1) is 9.04. The van der Waals surface area contributed by atoms with E-state index in [-0.39, 0.29) is 0 Å². The van der Waals surface area contributed by atoms with Gasteiger partial charge in [-0.2, -0.15) is 0 Å². The van der Waals surface area contributed by atoms with E-state index < -0.39 is 5.56 Å². The van der Waals surface area contributed by atoms with Gasteiger partial charge in [-0.25, -0.2) is 0 Å². The fraction of sp³-hybridized carbons (Fsp3) is 0.250. The summed E-state index contributed by atoms with van der Waals surface area (Å²) >= 11 is 8.77. The van der Waals surface area contributed by atoms with E-state index in [1.165, 1.54) is 0 Å². The Balaban J connectivity index is 2.78. The molecule has 0 saturated carbocycles. The Morgan fingerprint density at radius 2 is 2.09 bits per heavy atom. The molecular formula is C8H8BrClO. The number of halogens is 2. The molecule has 1 unspecified atom stereocenters. The quantitative estimate of drug-likeness (QED) is 0.781. The van der Waals surface area contributed by atoms with E-state index in [4.69, 9.17) is 16.7 Å². The molecule has 0 radical (unpaired) electrons. The van der Waals surface area contributed by atoms with Gasteiger partial charge in [0.15, 0.2) is 0 Å². The van der Waals surface area contributed by atoms with E-state index in [0.29, 0.717) is 6.42 Å². The molecule has 0 aliphatic carbocycles. The lowest BCUT2D eigenvalue weighted by Gasteiger charge is -2.03. The van der Waals surface area contributed by atoms with E-state index in [9.17, 15) is 0 Å². The Morgan fingerprint density at radius 3 is 2.64 bits per heavy atom. The lowest BCUT2D eigenvalue weighted by Crippen LogP contribution is -2.01. The maximum absolute atomic E-state index is 8.87. The van der Waals surface area contributed by atoms with E-state index >= 15 is 0 Å². The predicted molar refractivity (Wildman–Crippen MR) is 49.7 cm³/mol. The van der Waals surface area contributed by atoms with Crippen molar-refractivity contribution < 1.29 is 5.11 Å². The van der Waals surface area contributed by atoms with Crippen molar-refractivity contribution in [1.82, 2.24) is 0 Å². The average Bonchev–Trinajstić information content (AvgIpc) is 1.93. The molecule has 0 saturated heterocycles. The van der Waals surface area contributed by atoms with Gasteiger partial charge in [0, 0.05) is 10.9 Å². The van der Waals surface area contributed by atoms with Crippen LogP contribution in [-0.2, 0) is 6.42 Å². The number of rotatable bonds is 2. The highest BCUT2D eigenvalue weighted by Gasteiger charge is 2.02. The summed E-state index contributed by atoms with van der Waals surface area (Å²) in [5.41, 5.74) is 0.226. The van der Waals surface area contributed by atoms with Gasteiger partial charge in [-0.15, -0.1) is 0 Å². The Labute approximate surface area is 79.1 Å². The maximum atomic E-state index is 8.87. The molecule has 11 heavy (non-hydrogen) atoms. The van der Waals surface area contributed by atoms with E-state index in [2.05, 4.69) is 15.9 Å². The Bertz CT molecular complexity index is 237. The van der Waals surface area contributed by atoms with Crippen molar-refractivity contribution in [2.75, 3.05) is 0 Å². The van der Waals surface area contributed by atoms with Crippen LogP contribution in [0.2, 0.25) is 0 Å². The predicted octanol–water partition coefficient (Wildman–Crippen LogP) is 2.55. The molecule has 1 atom stereocenters. The second kappa shape index (κ2) is 4.10. The maximum Gasteiger partial charge on any atom is 0.132 e. The first-order chi connectivity index (χ1) is 5.20. The fourth-order valence-corrected chi connectivity index (χ4v) is 1.46. The number of hydrogen-bond acceptors (Lipinski definition) is 1. The third kappa shape index (κ3) is 2.81. The number of alkyl halides is 1. The van der Waals surface area contributed by atoms with Crippen molar-refractivity contribution in [3.8, 4) is 0 Å². The second-order valence-corrected chi connectivity index (χ2v) is 3.59.